The second-order valence-corrected chi connectivity index (χ2v) is 10.8. The Hall–Kier alpha value is -1.92. The molecule has 1 aromatic rings. The predicted octanol–water partition coefficient (Wildman–Crippen LogP) is 5.49. The highest BCUT2D eigenvalue weighted by Gasteiger charge is 2.24. The number of rotatable bonds is 10. The van der Waals surface area contributed by atoms with Gasteiger partial charge in [-0.15, -0.1) is 10.1 Å². The van der Waals surface area contributed by atoms with Crippen molar-refractivity contribution in [2.45, 2.75) is 83.6 Å². The molecule has 34 heavy (non-hydrogen) atoms. The van der Waals surface area contributed by atoms with Crippen LogP contribution in [-0.2, 0) is 25.7 Å². The summed E-state index contributed by atoms with van der Waals surface area (Å²) in [6.45, 7) is 5.85. The predicted molar refractivity (Wildman–Crippen MR) is 133 cm³/mol. The zero-order chi connectivity index (χ0) is 25.3. The van der Waals surface area contributed by atoms with Gasteiger partial charge in [0.1, 0.15) is 11.7 Å². The second kappa shape index (κ2) is 13.2. The molecule has 1 aliphatic rings. The third-order valence-corrected chi connectivity index (χ3v) is 6.12. The molecule has 0 unspecified atom stereocenters. The highest BCUT2D eigenvalue weighted by molar-refractivity contribution is 9.11. The standard InChI is InChI=1S/C22H31Br2N3O7/c1-22(2,3)34-21(29)26-20-14(11-15(23)12-18(20)24)13-25-16-6-8-17(9-7-16)33-19(28)5-4-10-32-27(30)31/h11-12,16-17,25H,4-10,13H2,1-3H3,(H,26,29). The zero-order valence-corrected chi connectivity index (χ0v) is 22.7. The molecule has 0 aromatic heterocycles. The van der Waals surface area contributed by atoms with Crippen LogP contribution in [0.2, 0.25) is 0 Å². The number of amides is 1. The van der Waals surface area contributed by atoms with Gasteiger partial charge < -0.3 is 19.6 Å². The lowest BCUT2D eigenvalue weighted by Gasteiger charge is -2.29. The normalized spacial score (nSPS) is 18.1. The van der Waals surface area contributed by atoms with Crippen molar-refractivity contribution in [2.75, 3.05) is 11.9 Å². The van der Waals surface area contributed by atoms with Gasteiger partial charge in [-0.3, -0.25) is 10.1 Å². The van der Waals surface area contributed by atoms with Crippen LogP contribution in [0.25, 0.3) is 0 Å². The first-order valence-electron chi connectivity index (χ1n) is 11.1. The van der Waals surface area contributed by atoms with Gasteiger partial charge in [-0.05, 0) is 86.5 Å². The molecule has 1 aliphatic carbocycles. The maximum absolute atomic E-state index is 12.3. The van der Waals surface area contributed by atoms with E-state index in [4.69, 9.17) is 9.47 Å². The monoisotopic (exact) mass is 607 g/mol. The third kappa shape index (κ3) is 10.6. The van der Waals surface area contributed by atoms with Gasteiger partial charge >= 0.3 is 12.1 Å². The fraction of sp³-hybridized carbons (Fsp3) is 0.636. The molecule has 1 amide bonds. The van der Waals surface area contributed by atoms with Gasteiger partial charge in [0, 0.05) is 28.0 Å². The van der Waals surface area contributed by atoms with Crippen LogP contribution in [0, 0.1) is 10.1 Å². The van der Waals surface area contributed by atoms with Gasteiger partial charge in [0.15, 0.2) is 0 Å². The number of carbonyl (C=O) groups excluding carboxylic acids is 2. The molecule has 12 heteroatoms. The van der Waals surface area contributed by atoms with Crippen molar-refractivity contribution in [3.8, 4) is 0 Å². The highest BCUT2D eigenvalue weighted by Crippen LogP contribution is 2.32. The first kappa shape index (κ1) is 28.3. The lowest BCUT2D eigenvalue weighted by Crippen LogP contribution is -2.36. The number of ether oxygens (including phenoxy) is 2. The maximum atomic E-state index is 12.3. The van der Waals surface area contributed by atoms with E-state index < -0.39 is 16.8 Å². The fourth-order valence-electron chi connectivity index (χ4n) is 3.55. The molecular weight excluding hydrogens is 578 g/mol. The number of nitrogens with one attached hydrogen (secondary N) is 2. The minimum absolute atomic E-state index is 0.0945. The van der Waals surface area contributed by atoms with Crippen LogP contribution in [0.15, 0.2) is 21.1 Å². The molecule has 190 valence electrons. The van der Waals surface area contributed by atoms with Gasteiger partial charge in [-0.2, -0.15) is 0 Å². The van der Waals surface area contributed by atoms with E-state index in [9.17, 15) is 19.7 Å². The van der Waals surface area contributed by atoms with Gasteiger partial charge in [0.25, 0.3) is 5.09 Å². The molecule has 0 atom stereocenters. The van der Waals surface area contributed by atoms with E-state index in [1.54, 1.807) is 0 Å². The summed E-state index contributed by atoms with van der Waals surface area (Å²) < 4.78 is 12.5. The van der Waals surface area contributed by atoms with Crippen LogP contribution in [0.1, 0.15) is 64.9 Å². The third-order valence-electron chi connectivity index (χ3n) is 5.04. The zero-order valence-electron chi connectivity index (χ0n) is 19.5. The quantitative estimate of drug-likeness (QED) is 0.154. The summed E-state index contributed by atoms with van der Waals surface area (Å²) in [5.41, 5.74) is 0.945. The van der Waals surface area contributed by atoms with E-state index in [-0.39, 0.29) is 37.6 Å². The number of esters is 1. The molecule has 1 fully saturated rings. The summed E-state index contributed by atoms with van der Waals surface area (Å²) in [6, 6.07) is 4.05. The Morgan fingerprint density at radius 2 is 1.85 bits per heavy atom. The molecule has 0 heterocycles. The molecule has 1 saturated carbocycles. The molecule has 2 N–H and O–H groups in total. The molecular formula is C22H31Br2N3O7. The number of hydrogen-bond acceptors (Lipinski definition) is 8. The average molecular weight is 609 g/mol. The van der Waals surface area contributed by atoms with E-state index in [1.165, 1.54) is 0 Å². The molecule has 0 aliphatic heterocycles. The number of anilines is 1. The van der Waals surface area contributed by atoms with Gasteiger partial charge in [0.05, 0.1) is 12.3 Å². The van der Waals surface area contributed by atoms with Crippen molar-refractivity contribution in [1.29, 1.82) is 0 Å². The lowest BCUT2D eigenvalue weighted by atomic mass is 9.92. The Kier molecular flexibility index (Phi) is 11.0. The summed E-state index contributed by atoms with van der Waals surface area (Å²) in [6.07, 6.45) is 2.82. The van der Waals surface area contributed by atoms with Crippen LogP contribution in [0.4, 0.5) is 10.5 Å². The SMILES string of the molecule is CC(C)(C)OC(=O)Nc1c(Br)cc(Br)cc1CNC1CCC(OC(=O)CCCO[N+](=O)[O-])CC1. The van der Waals surface area contributed by atoms with Crippen LogP contribution >= 0.6 is 31.9 Å². The molecule has 2 rings (SSSR count). The summed E-state index contributed by atoms with van der Waals surface area (Å²) in [7, 11) is 0. The van der Waals surface area contributed by atoms with E-state index in [0.29, 0.717) is 12.2 Å². The smallest absolute Gasteiger partial charge is 0.412 e. The molecule has 0 radical (unpaired) electrons. The van der Waals surface area contributed by atoms with Gasteiger partial charge in [-0.1, -0.05) is 15.9 Å². The van der Waals surface area contributed by atoms with E-state index in [2.05, 4.69) is 47.3 Å². The first-order valence-corrected chi connectivity index (χ1v) is 12.7. The molecule has 1 aromatic carbocycles. The maximum Gasteiger partial charge on any atom is 0.412 e. The van der Waals surface area contributed by atoms with Crippen molar-refractivity contribution in [3.63, 3.8) is 0 Å². The van der Waals surface area contributed by atoms with E-state index >= 15 is 0 Å². The van der Waals surface area contributed by atoms with Crippen molar-refractivity contribution in [1.82, 2.24) is 5.32 Å². The minimum atomic E-state index is -0.872. The average Bonchev–Trinajstić information content (AvgIpc) is 2.71. The van der Waals surface area contributed by atoms with Crippen molar-refractivity contribution < 1.29 is 29.0 Å². The number of halogens is 2. The molecule has 0 saturated heterocycles. The molecule has 0 spiro atoms. The van der Waals surface area contributed by atoms with E-state index in [0.717, 1.165) is 40.2 Å². The van der Waals surface area contributed by atoms with Crippen LogP contribution in [-0.4, -0.2) is 41.5 Å². The summed E-state index contributed by atoms with van der Waals surface area (Å²) in [4.78, 5) is 38.5. The first-order chi connectivity index (χ1) is 15.9. The van der Waals surface area contributed by atoms with Gasteiger partial charge in [-0.25, -0.2) is 4.79 Å². The Bertz CT molecular complexity index is 869. The van der Waals surface area contributed by atoms with Crippen molar-refractivity contribution >= 4 is 49.6 Å². The van der Waals surface area contributed by atoms with E-state index in [1.807, 2.05) is 32.9 Å². The van der Waals surface area contributed by atoms with Crippen molar-refractivity contribution in [2.24, 2.45) is 0 Å². The van der Waals surface area contributed by atoms with Crippen LogP contribution in [0.5, 0.6) is 0 Å². The minimum Gasteiger partial charge on any atom is -0.462 e. The number of carbonyl (C=O) groups is 2. The summed E-state index contributed by atoms with van der Waals surface area (Å²) in [5.74, 6) is -0.361. The van der Waals surface area contributed by atoms with Crippen LogP contribution < -0.4 is 10.6 Å². The molecule has 10 nitrogen and oxygen atoms in total. The second-order valence-electron chi connectivity index (χ2n) is 9.05. The summed E-state index contributed by atoms with van der Waals surface area (Å²) >= 11 is 7.01. The largest absolute Gasteiger partial charge is 0.462 e. The number of benzene rings is 1. The topological polar surface area (TPSA) is 129 Å². The Balaban J connectivity index is 1.82. The molecule has 0 bridgehead atoms. The number of nitrogens with zero attached hydrogens (tertiary/aromatic N) is 1. The fourth-order valence-corrected chi connectivity index (χ4v) is 4.96. The highest BCUT2D eigenvalue weighted by atomic mass is 79.9. The van der Waals surface area contributed by atoms with Crippen molar-refractivity contribution in [3.05, 3.63) is 36.8 Å². The Labute approximate surface area is 215 Å². The number of hydrogen-bond donors (Lipinski definition) is 2. The van der Waals surface area contributed by atoms with Gasteiger partial charge in [0.2, 0.25) is 0 Å². The Morgan fingerprint density at radius 1 is 1.18 bits per heavy atom. The summed E-state index contributed by atoms with van der Waals surface area (Å²) in [5, 5.41) is 15.6. The van der Waals surface area contributed by atoms with Crippen LogP contribution in [0.3, 0.4) is 0 Å². The Morgan fingerprint density at radius 3 is 2.47 bits per heavy atom. The lowest BCUT2D eigenvalue weighted by molar-refractivity contribution is -0.757.